The van der Waals surface area contributed by atoms with Gasteiger partial charge in [-0.25, -0.2) is 22.4 Å². The Bertz CT molecular complexity index is 3890. The summed E-state index contributed by atoms with van der Waals surface area (Å²) in [4.78, 5) is 7.17. The van der Waals surface area contributed by atoms with Crippen LogP contribution in [0.2, 0.25) is 0 Å². The summed E-state index contributed by atoms with van der Waals surface area (Å²) in [6, 6.07) is 71.0. The zero-order chi connectivity index (χ0) is 50.5. The molecule has 0 radical (unpaired) electrons. The second kappa shape index (κ2) is 18.6. The van der Waals surface area contributed by atoms with Crippen molar-refractivity contribution in [3.63, 3.8) is 0 Å². The van der Waals surface area contributed by atoms with Crippen LogP contribution in [0.5, 0.6) is 0 Å². The Kier molecular flexibility index (Phi) is 11.4. The van der Waals surface area contributed by atoms with E-state index in [0.717, 1.165) is 66.7 Å². The smallest absolute Gasteiger partial charge is 0.187 e. The number of hydrogen-bond donors (Lipinski definition) is 0. The molecule has 0 bridgehead atoms. The summed E-state index contributed by atoms with van der Waals surface area (Å²) in [6.07, 6.45) is 0. The predicted octanol–water partition coefficient (Wildman–Crippen LogP) is 19.2. The van der Waals surface area contributed by atoms with Crippen LogP contribution in [0.1, 0.15) is 5.56 Å². The number of benzene rings is 12. The minimum Gasteiger partial charge on any atom is -0.307 e. The standard InChI is InChI=1S/C66H38F4N4/c1-72-52-26-30-54(31-27-52)74(66-58(37-51(68)39-60(66)70)47-20-16-45(17-21-47)43-10-6-3-7-11-43)62-35-25-49-22-32-55-61(34-24-48-23-33-56(62)64(49)63(48)55)73(53-28-12-41(40-71)13-29-53)65-57(36-50(67)38-59(65)69)46-18-14-44(15-19-46)42-8-4-2-5-9-42/h2-39H. The summed E-state index contributed by atoms with van der Waals surface area (Å²) in [6.45, 7) is 7.71. The molecule has 0 atom stereocenters. The van der Waals surface area contributed by atoms with E-state index in [1.165, 1.54) is 12.1 Å². The van der Waals surface area contributed by atoms with Gasteiger partial charge in [-0.2, -0.15) is 5.26 Å². The fourth-order valence-electron chi connectivity index (χ4n) is 10.3. The van der Waals surface area contributed by atoms with Crippen LogP contribution in [-0.2, 0) is 0 Å². The third kappa shape index (κ3) is 7.98. The Morgan fingerprint density at radius 2 is 0.770 bits per heavy atom. The van der Waals surface area contributed by atoms with Crippen LogP contribution in [0.4, 0.5) is 57.4 Å². The lowest BCUT2D eigenvalue weighted by molar-refractivity contribution is 0.584. The van der Waals surface area contributed by atoms with Gasteiger partial charge in [0.15, 0.2) is 17.3 Å². The van der Waals surface area contributed by atoms with Crippen molar-refractivity contribution in [2.45, 2.75) is 0 Å². The van der Waals surface area contributed by atoms with Crippen LogP contribution in [0.25, 0.3) is 81.7 Å². The lowest BCUT2D eigenvalue weighted by atomic mass is 9.91. The molecule has 0 aliphatic carbocycles. The molecule has 0 N–H and O–H groups in total. The second-order valence-electron chi connectivity index (χ2n) is 18.0. The molecule has 0 spiro atoms. The molecular formula is C66H38F4N4. The molecular weight excluding hydrogens is 925 g/mol. The average molecular weight is 963 g/mol. The molecule has 0 amide bonds. The third-order valence-corrected chi connectivity index (χ3v) is 13.7. The van der Waals surface area contributed by atoms with Gasteiger partial charge < -0.3 is 9.80 Å². The molecule has 8 heteroatoms. The van der Waals surface area contributed by atoms with Crippen LogP contribution in [0.15, 0.2) is 231 Å². The Balaban J connectivity index is 1.08. The van der Waals surface area contributed by atoms with Crippen molar-refractivity contribution in [3.05, 3.63) is 271 Å². The molecule has 0 heterocycles. The van der Waals surface area contributed by atoms with E-state index >= 15 is 17.6 Å². The molecule has 0 aromatic heterocycles. The maximum Gasteiger partial charge on any atom is 0.187 e. The molecule has 12 aromatic carbocycles. The van der Waals surface area contributed by atoms with Crippen molar-refractivity contribution in [1.82, 2.24) is 0 Å². The van der Waals surface area contributed by atoms with Crippen LogP contribution < -0.4 is 9.80 Å². The van der Waals surface area contributed by atoms with Crippen molar-refractivity contribution >= 4 is 72.1 Å². The third-order valence-electron chi connectivity index (χ3n) is 13.7. The van der Waals surface area contributed by atoms with E-state index in [0.29, 0.717) is 56.3 Å². The highest BCUT2D eigenvalue weighted by Gasteiger charge is 2.28. The minimum absolute atomic E-state index is 0.101. The number of hydrogen-bond acceptors (Lipinski definition) is 3. The maximum atomic E-state index is 17.1. The fourth-order valence-corrected chi connectivity index (χ4v) is 10.3. The summed E-state index contributed by atoms with van der Waals surface area (Å²) in [5.41, 5.74) is 8.90. The Labute approximate surface area is 424 Å². The number of rotatable bonds is 10. The van der Waals surface area contributed by atoms with Crippen LogP contribution in [0, 0.1) is 41.2 Å². The first-order valence-corrected chi connectivity index (χ1v) is 23.8. The van der Waals surface area contributed by atoms with Crippen molar-refractivity contribution in [2.24, 2.45) is 0 Å². The van der Waals surface area contributed by atoms with Gasteiger partial charge in [-0.15, -0.1) is 0 Å². The molecule has 0 aliphatic rings. The first kappa shape index (κ1) is 45.1. The molecule has 12 rings (SSSR count). The van der Waals surface area contributed by atoms with Gasteiger partial charge in [-0.05, 0) is 116 Å². The van der Waals surface area contributed by atoms with Gasteiger partial charge in [-0.3, -0.25) is 0 Å². The largest absolute Gasteiger partial charge is 0.307 e. The lowest BCUT2D eigenvalue weighted by Gasteiger charge is -2.31. The fraction of sp³-hybridized carbons (Fsp3) is 0. The van der Waals surface area contributed by atoms with Gasteiger partial charge in [0, 0.05) is 45.4 Å². The van der Waals surface area contributed by atoms with Crippen molar-refractivity contribution in [1.29, 1.82) is 5.26 Å². The number of nitriles is 1. The highest BCUT2D eigenvalue weighted by Crippen LogP contribution is 2.51. The highest BCUT2D eigenvalue weighted by atomic mass is 19.1. The molecule has 4 nitrogen and oxygen atoms in total. The molecule has 0 saturated carbocycles. The zero-order valence-electron chi connectivity index (χ0n) is 39.2. The summed E-state index contributed by atoms with van der Waals surface area (Å²) in [5, 5.41) is 14.7. The molecule has 0 unspecified atom stereocenters. The van der Waals surface area contributed by atoms with Gasteiger partial charge in [0.05, 0.1) is 41.0 Å². The Morgan fingerprint density at radius 1 is 0.392 bits per heavy atom. The van der Waals surface area contributed by atoms with Crippen LogP contribution in [0.3, 0.4) is 0 Å². The first-order valence-electron chi connectivity index (χ1n) is 23.8. The maximum absolute atomic E-state index is 17.1. The summed E-state index contributed by atoms with van der Waals surface area (Å²) < 4.78 is 65.5. The molecule has 74 heavy (non-hydrogen) atoms. The van der Waals surface area contributed by atoms with E-state index in [4.69, 9.17) is 6.57 Å². The Hall–Kier alpha value is -10.0. The van der Waals surface area contributed by atoms with Gasteiger partial charge in [0.2, 0.25) is 0 Å². The summed E-state index contributed by atoms with van der Waals surface area (Å²) >= 11 is 0. The molecule has 0 saturated heterocycles. The van der Waals surface area contributed by atoms with Crippen LogP contribution in [-0.4, -0.2) is 0 Å². The lowest BCUT2D eigenvalue weighted by Crippen LogP contribution is -2.15. The monoisotopic (exact) mass is 962 g/mol. The second-order valence-corrected chi connectivity index (χ2v) is 18.0. The zero-order valence-corrected chi connectivity index (χ0v) is 39.2. The number of nitrogens with zero attached hydrogens (tertiary/aromatic N) is 4. The van der Waals surface area contributed by atoms with E-state index in [1.54, 1.807) is 58.3 Å². The quantitative estimate of drug-likeness (QED) is 0.0778. The van der Waals surface area contributed by atoms with E-state index in [2.05, 4.69) is 10.9 Å². The van der Waals surface area contributed by atoms with Crippen molar-refractivity contribution in [3.8, 4) is 50.6 Å². The van der Waals surface area contributed by atoms with Gasteiger partial charge >= 0.3 is 0 Å². The molecule has 0 aliphatic heterocycles. The average Bonchev–Trinajstić information content (AvgIpc) is 3.44. The van der Waals surface area contributed by atoms with Gasteiger partial charge in [-0.1, -0.05) is 158 Å². The number of anilines is 6. The SMILES string of the molecule is [C-]#[N+]c1ccc(N(c2c(F)cc(F)cc2-c2ccc(-c3ccccc3)cc2)c2ccc3ccc4c(N(c5ccc(C#N)cc5)c5c(F)cc(F)cc5-c5ccc(-c6ccccc6)cc5)ccc5ccc2c3c54)cc1. The van der Waals surface area contributed by atoms with E-state index in [9.17, 15) is 5.26 Å². The van der Waals surface area contributed by atoms with Gasteiger partial charge in [0.1, 0.15) is 11.6 Å². The van der Waals surface area contributed by atoms with Crippen molar-refractivity contribution < 1.29 is 17.6 Å². The van der Waals surface area contributed by atoms with Crippen molar-refractivity contribution in [2.75, 3.05) is 9.80 Å². The first-order chi connectivity index (χ1) is 36.2. The summed E-state index contributed by atoms with van der Waals surface area (Å²) in [7, 11) is 0. The molecule has 350 valence electrons. The molecule has 0 fully saturated rings. The minimum atomic E-state index is -0.795. The van der Waals surface area contributed by atoms with E-state index < -0.39 is 23.3 Å². The highest BCUT2D eigenvalue weighted by molar-refractivity contribution is 6.28. The number of halogens is 4. The normalized spacial score (nSPS) is 11.2. The topological polar surface area (TPSA) is 34.6 Å². The predicted molar refractivity (Wildman–Crippen MR) is 292 cm³/mol. The Morgan fingerprint density at radius 3 is 1.18 bits per heavy atom. The van der Waals surface area contributed by atoms with E-state index in [1.807, 2.05) is 158 Å². The van der Waals surface area contributed by atoms with Crippen LogP contribution >= 0.6 is 0 Å². The van der Waals surface area contributed by atoms with E-state index in [-0.39, 0.29) is 11.4 Å². The van der Waals surface area contributed by atoms with Gasteiger partial charge in [0.25, 0.3) is 0 Å². The molecule has 12 aromatic rings. The summed E-state index contributed by atoms with van der Waals surface area (Å²) in [5.74, 6) is -3.07.